The summed E-state index contributed by atoms with van der Waals surface area (Å²) in [6, 6.07) is 76.9. The van der Waals surface area contributed by atoms with Crippen LogP contribution in [-0.4, -0.2) is 14.5 Å². The van der Waals surface area contributed by atoms with Gasteiger partial charge in [-0.15, -0.1) is 33.7 Å². The molecule has 0 spiro atoms. The maximum Gasteiger partial charge on any atom is 0.148 e. The number of aryl methyl sites for hydroxylation is 1. The topological polar surface area (TPSA) is 37.1 Å². The van der Waals surface area contributed by atoms with Crippen LogP contribution in [0, 0.1) is 19.1 Å². The third-order valence-electron chi connectivity index (χ3n) is 12.3. The summed E-state index contributed by atoms with van der Waals surface area (Å²) in [5.74, 6) is 0.850. The molecule has 2 aromatic heterocycles. The zero-order chi connectivity index (χ0) is 39.8. The molecule has 1 aliphatic carbocycles. The van der Waals surface area contributed by atoms with Crippen LogP contribution in [0.2, 0.25) is 0 Å². The molecule has 3 heterocycles. The van der Waals surface area contributed by atoms with Crippen molar-refractivity contribution in [2.45, 2.75) is 12.3 Å². The van der Waals surface area contributed by atoms with Crippen molar-refractivity contribution in [3.63, 3.8) is 0 Å². The molecule has 8 aromatic carbocycles. The largest absolute Gasteiger partial charge is 0.319 e. The van der Waals surface area contributed by atoms with E-state index in [9.17, 15) is 0 Å². The molecule has 0 bridgehead atoms. The number of rotatable bonds is 6. The van der Waals surface area contributed by atoms with E-state index in [-0.39, 0.29) is 21.1 Å². The summed E-state index contributed by atoms with van der Waals surface area (Å²) in [4.78, 5) is 10.2. The zero-order valence-corrected chi connectivity index (χ0v) is 35.4. The molecule has 6 heteroatoms. The van der Waals surface area contributed by atoms with Gasteiger partial charge in [0.15, 0.2) is 0 Å². The Morgan fingerprint density at radius 2 is 1.16 bits per heavy atom. The molecule has 5 nitrogen and oxygen atoms in total. The fraction of sp³-hybridized carbons (Fsp3) is 0.0364. The molecule has 0 fully saturated rings. The Balaban J connectivity index is 0.00000420. The van der Waals surface area contributed by atoms with Gasteiger partial charge in [0, 0.05) is 43.9 Å². The average molecular weight is 965 g/mol. The van der Waals surface area contributed by atoms with Crippen LogP contribution in [0.4, 0.5) is 22.7 Å². The molecule has 0 unspecified atom stereocenters. The summed E-state index contributed by atoms with van der Waals surface area (Å²) in [5, 5.41) is 6.31. The maximum atomic E-state index is 5.21. The molecule has 2 aliphatic rings. The van der Waals surface area contributed by atoms with Gasteiger partial charge in [-0.25, -0.2) is 4.98 Å². The number of hydrogen-bond donors (Lipinski definition) is 0. The van der Waals surface area contributed by atoms with E-state index in [0.29, 0.717) is 0 Å². The monoisotopic (exact) mass is 964 g/mol. The van der Waals surface area contributed by atoms with Crippen molar-refractivity contribution in [1.29, 1.82) is 0 Å². The van der Waals surface area contributed by atoms with E-state index in [4.69, 9.17) is 9.92 Å². The van der Waals surface area contributed by atoms with E-state index in [1.165, 1.54) is 33.4 Å². The van der Waals surface area contributed by atoms with Gasteiger partial charge in [-0.2, -0.15) is 35.3 Å². The van der Waals surface area contributed by atoms with Gasteiger partial charge >= 0.3 is 0 Å². The molecule has 12 rings (SSSR count). The van der Waals surface area contributed by atoms with Gasteiger partial charge in [0.05, 0.1) is 0 Å². The van der Waals surface area contributed by atoms with Gasteiger partial charge in [0.2, 0.25) is 0 Å². The number of para-hydroxylation sites is 4. The summed E-state index contributed by atoms with van der Waals surface area (Å²) in [5.41, 5.74) is 15.6. The number of hydrogen-bond acceptors (Lipinski definition) is 3. The second kappa shape index (κ2) is 14.6. The summed E-state index contributed by atoms with van der Waals surface area (Å²) in [7, 11) is 0. The van der Waals surface area contributed by atoms with Crippen molar-refractivity contribution in [3.8, 4) is 28.1 Å². The third kappa shape index (κ3) is 5.58. The normalized spacial score (nSPS) is 13.5. The Bertz CT molecular complexity index is 3260. The number of aromatic nitrogens is 2. The Labute approximate surface area is 368 Å². The summed E-state index contributed by atoms with van der Waals surface area (Å²) in [6.07, 6.45) is 1.92. The molecule has 1 N–H and O–H groups in total. The third-order valence-corrected chi connectivity index (χ3v) is 12.3. The first kappa shape index (κ1) is 37.0. The molecule has 0 amide bonds. The fourth-order valence-electron chi connectivity index (χ4n) is 9.66. The Morgan fingerprint density at radius 3 is 1.93 bits per heavy atom. The van der Waals surface area contributed by atoms with Gasteiger partial charge in [-0.05, 0) is 93.7 Å². The smallest absolute Gasteiger partial charge is 0.148 e. The van der Waals surface area contributed by atoms with E-state index in [1.807, 2.05) is 34.5 Å². The Morgan fingerprint density at radius 1 is 0.525 bits per heavy atom. The molecule has 0 radical (unpaired) electrons. The van der Waals surface area contributed by atoms with Crippen molar-refractivity contribution >= 4 is 44.6 Å². The van der Waals surface area contributed by atoms with E-state index in [1.54, 1.807) is 0 Å². The predicted molar refractivity (Wildman–Crippen MR) is 243 cm³/mol. The predicted octanol–water partition coefficient (Wildman–Crippen LogP) is 13.2. The molecule has 0 saturated carbocycles. The molecule has 294 valence electrons. The van der Waals surface area contributed by atoms with Crippen molar-refractivity contribution < 1.29 is 26.0 Å². The minimum absolute atomic E-state index is 0. The van der Waals surface area contributed by atoms with Crippen molar-refractivity contribution in [2.75, 3.05) is 10.1 Å². The van der Waals surface area contributed by atoms with Gasteiger partial charge in [0.25, 0.3) is 0 Å². The van der Waals surface area contributed by atoms with Gasteiger partial charge in [0.1, 0.15) is 22.9 Å². The minimum atomic E-state index is -0.756. The number of fused-ring (bicyclic) bond motifs is 7. The maximum absolute atomic E-state index is 5.21. The van der Waals surface area contributed by atoms with Crippen LogP contribution in [0.15, 0.2) is 200 Å². The number of nitrogens with zero attached hydrogens (tertiary/aromatic N) is 4. The standard InChI is InChI=1S/C55H36N4O.Pt/c1-37-16-5-6-21-43(37)38-32-33-56-54(34-38)57-50-27-12-9-24-46(50)47-31-30-40(36-53(47)57)55(48-25-10-7-22-44(48)45-23-8-11-26-49(45)55)39-17-15-20-42(35-39)59-52-29-14-13-28-51(52)58(60-59)41-18-3-2-4-19-41;/h2-34H,1H3;/q-2;/p+1. The van der Waals surface area contributed by atoms with Gasteiger partial charge < -0.3 is 4.57 Å². The minimum Gasteiger partial charge on any atom is -0.319 e. The van der Waals surface area contributed by atoms with Gasteiger partial charge in [-0.3, -0.25) is 0 Å². The van der Waals surface area contributed by atoms with E-state index in [0.717, 1.165) is 67.1 Å². The van der Waals surface area contributed by atoms with Crippen LogP contribution >= 0.6 is 0 Å². The first-order chi connectivity index (χ1) is 29.7. The molecule has 0 saturated heterocycles. The Kier molecular flexibility index (Phi) is 8.85. The molecular formula is C55H37N4OPt-. The van der Waals surface area contributed by atoms with Crippen LogP contribution in [0.3, 0.4) is 0 Å². The number of benzene rings is 8. The van der Waals surface area contributed by atoms with Crippen molar-refractivity contribution in [3.05, 3.63) is 240 Å². The van der Waals surface area contributed by atoms with E-state index in [2.05, 4.69) is 200 Å². The SMILES string of the molecule is Cc1ccccc1-c1ccnc(-n2c3[c-]c(C4(c5[c-]c(N6[OH+]N(c7ccccc7)c7ccccc76)ccc5)c5ccccc5-c5ccccc54)ccc3c3ccccc32)c1.[Pt]. The van der Waals surface area contributed by atoms with Crippen LogP contribution in [-0.2, 0) is 26.5 Å². The van der Waals surface area contributed by atoms with E-state index >= 15 is 0 Å². The fourth-order valence-corrected chi connectivity index (χ4v) is 9.66. The number of pyridine rings is 1. The van der Waals surface area contributed by atoms with Gasteiger partial charge in [-0.1, -0.05) is 132 Å². The molecule has 10 aromatic rings. The van der Waals surface area contributed by atoms with Crippen LogP contribution in [0.25, 0.3) is 49.9 Å². The molecule has 0 atom stereocenters. The quantitative estimate of drug-likeness (QED) is 0.123. The zero-order valence-electron chi connectivity index (χ0n) is 33.1. The van der Waals surface area contributed by atoms with Crippen molar-refractivity contribution in [1.82, 2.24) is 9.55 Å². The summed E-state index contributed by atoms with van der Waals surface area (Å²) in [6.45, 7) is 2.16. The first-order valence-corrected chi connectivity index (χ1v) is 20.3. The van der Waals surface area contributed by atoms with Crippen LogP contribution in [0.1, 0.15) is 27.8 Å². The second-order valence-corrected chi connectivity index (χ2v) is 15.5. The molecule has 1 aliphatic heterocycles. The summed E-state index contributed by atoms with van der Waals surface area (Å²) >= 11 is 0. The van der Waals surface area contributed by atoms with Crippen LogP contribution in [0.5, 0.6) is 0 Å². The Hall–Kier alpha value is -7.04. The summed E-state index contributed by atoms with van der Waals surface area (Å²) < 4.78 is 2.29. The van der Waals surface area contributed by atoms with E-state index < -0.39 is 5.41 Å². The number of anilines is 4. The first-order valence-electron chi connectivity index (χ1n) is 20.3. The average Bonchev–Trinajstić information content (AvgIpc) is 3.96. The second-order valence-electron chi connectivity index (χ2n) is 15.5. The molecule has 61 heavy (non-hydrogen) atoms. The van der Waals surface area contributed by atoms with Crippen molar-refractivity contribution in [2.24, 2.45) is 0 Å². The van der Waals surface area contributed by atoms with Crippen LogP contribution < -0.4 is 10.1 Å². The molecular weight excluding hydrogens is 928 g/mol.